The monoisotopic (exact) mass is 411 g/mol. The van der Waals surface area contributed by atoms with Gasteiger partial charge in [-0.15, -0.1) is 11.3 Å². The number of carbonyl (C=O) groups excluding carboxylic acids is 1. The predicted molar refractivity (Wildman–Crippen MR) is 110 cm³/mol. The van der Waals surface area contributed by atoms with E-state index in [4.69, 9.17) is 5.11 Å². The Morgan fingerprint density at radius 2 is 1.97 bits per heavy atom. The molecule has 4 N–H and O–H groups in total. The zero-order chi connectivity index (χ0) is 20.4. The molecule has 0 saturated carbocycles. The summed E-state index contributed by atoms with van der Waals surface area (Å²) < 4.78 is 13.1. The largest absolute Gasteiger partial charge is 0.394 e. The average molecular weight is 411 g/mol. The second-order valence-electron chi connectivity index (χ2n) is 6.60. The number of benzene rings is 1. The molecule has 1 amide bonds. The van der Waals surface area contributed by atoms with Gasteiger partial charge in [0.05, 0.1) is 17.6 Å². The average Bonchev–Trinajstić information content (AvgIpc) is 3.39. The number of aliphatic hydroxyl groups is 2. The van der Waals surface area contributed by atoms with Gasteiger partial charge in [0.1, 0.15) is 11.5 Å². The van der Waals surface area contributed by atoms with Crippen LogP contribution in [0, 0.1) is 5.82 Å². The van der Waals surface area contributed by atoms with Crippen molar-refractivity contribution in [1.29, 1.82) is 0 Å². The molecule has 1 atom stereocenters. The summed E-state index contributed by atoms with van der Waals surface area (Å²) in [6.07, 6.45) is 0.751. The second kappa shape index (κ2) is 8.12. The van der Waals surface area contributed by atoms with Crippen molar-refractivity contribution in [3.05, 3.63) is 64.7 Å². The fraction of sp³-hybridized carbons (Fsp3) is 0.143. The lowest BCUT2D eigenvalue weighted by atomic mass is 10.1. The molecular formula is C21H18FN3O3S. The molecule has 29 heavy (non-hydrogen) atoms. The summed E-state index contributed by atoms with van der Waals surface area (Å²) in [5.41, 5.74) is 4.16. The first kappa shape index (κ1) is 19.3. The number of aromatic nitrogens is 2. The molecule has 6 nitrogen and oxygen atoms in total. The number of amides is 1. The van der Waals surface area contributed by atoms with Crippen LogP contribution in [0.15, 0.2) is 54.0 Å². The summed E-state index contributed by atoms with van der Waals surface area (Å²) in [4.78, 5) is 20.4. The van der Waals surface area contributed by atoms with E-state index in [1.54, 1.807) is 24.4 Å². The second-order valence-corrected chi connectivity index (χ2v) is 7.51. The van der Waals surface area contributed by atoms with Crippen molar-refractivity contribution < 1.29 is 19.4 Å². The number of fused-ring (bicyclic) bond motifs is 1. The number of hydrogen-bond donors (Lipinski definition) is 4. The van der Waals surface area contributed by atoms with Crippen LogP contribution in [0.4, 0.5) is 4.39 Å². The van der Waals surface area contributed by atoms with Crippen molar-refractivity contribution in [2.75, 3.05) is 13.2 Å². The van der Waals surface area contributed by atoms with Gasteiger partial charge < -0.3 is 20.5 Å². The number of carbonyl (C=O) groups is 1. The van der Waals surface area contributed by atoms with Gasteiger partial charge in [0.25, 0.3) is 5.91 Å². The molecule has 3 heterocycles. The van der Waals surface area contributed by atoms with E-state index < -0.39 is 12.7 Å². The molecule has 148 valence electrons. The van der Waals surface area contributed by atoms with Crippen molar-refractivity contribution >= 4 is 28.3 Å². The van der Waals surface area contributed by atoms with Gasteiger partial charge >= 0.3 is 0 Å². The number of rotatable bonds is 6. The standard InChI is InChI=1S/C21H18FN3O3S/c22-16-3-1-12(2-4-16)18-6-13-5-14(8-23-20(13)25-18)15-7-19(29-11-15)21(28)24-9-17(27)10-26/h1-8,11,17,26-27H,9-10H2,(H,23,25)(H,24,28). The first-order chi connectivity index (χ1) is 14.0. The number of aromatic amines is 1. The molecule has 0 aliphatic rings. The molecule has 0 aliphatic carbocycles. The van der Waals surface area contributed by atoms with Crippen molar-refractivity contribution in [3.63, 3.8) is 0 Å². The van der Waals surface area contributed by atoms with E-state index in [-0.39, 0.29) is 18.3 Å². The van der Waals surface area contributed by atoms with Gasteiger partial charge in [0.2, 0.25) is 0 Å². The SMILES string of the molecule is O=C(NCC(O)CO)c1cc(-c2cnc3[nH]c(-c4ccc(F)cc4)cc3c2)cs1. The van der Waals surface area contributed by atoms with Gasteiger partial charge in [0, 0.05) is 29.4 Å². The van der Waals surface area contributed by atoms with Crippen molar-refractivity contribution in [2.45, 2.75) is 6.10 Å². The molecule has 0 fully saturated rings. The third-order valence-electron chi connectivity index (χ3n) is 4.49. The van der Waals surface area contributed by atoms with Crippen molar-refractivity contribution in [2.24, 2.45) is 0 Å². The summed E-state index contributed by atoms with van der Waals surface area (Å²) >= 11 is 1.29. The summed E-state index contributed by atoms with van der Waals surface area (Å²) in [7, 11) is 0. The van der Waals surface area contributed by atoms with Crippen LogP contribution in [0.25, 0.3) is 33.4 Å². The van der Waals surface area contributed by atoms with Gasteiger partial charge in [0.15, 0.2) is 0 Å². The number of halogens is 1. The Hall–Kier alpha value is -3.07. The Bertz CT molecular complexity index is 1150. The lowest BCUT2D eigenvalue weighted by Gasteiger charge is -2.07. The van der Waals surface area contributed by atoms with Crippen LogP contribution >= 0.6 is 11.3 Å². The van der Waals surface area contributed by atoms with E-state index in [1.807, 2.05) is 17.5 Å². The summed E-state index contributed by atoms with van der Waals surface area (Å²) in [6.45, 7) is -0.413. The quantitative estimate of drug-likeness (QED) is 0.392. The minimum Gasteiger partial charge on any atom is -0.394 e. The first-order valence-corrected chi connectivity index (χ1v) is 9.82. The van der Waals surface area contributed by atoms with Crippen LogP contribution in [-0.2, 0) is 0 Å². The molecule has 8 heteroatoms. The zero-order valence-corrected chi connectivity index (χ0v) is 16.0. The van der Waals surface area contributed by atoms with Crippen LogP contribution in [0.3, 0.4) is 0 Å². The Balaban J connectivity index is 1.56. The number of hydrogen-bond acceptors (Lipinski definition) is 5. The van der Waals surface area contributed by atoms with Crippen LogP contribution in [0.2, 0.25) is 0 Å². The molecular weight excluding hydrogens is 393 g/mol. The molecule has 0 spiro atoms. The molecule has 3 aromatic heterocycles. The Labute approximate surface area is 169 Å². The fourth-order valence-corrected chi connectivity index (χ4v) is 3.76. The zero-order valence-electron chi connectivity index (χ0n) is 15.2. The summed E-state index contributed by atoms with van der Waals surface area (Å²) in [6, 6.07) is 11.9. The van der Waals surface area contributed by atoms with E-state index in [2.05, 4.69) is 15.3 Å². The number of H-pyrrole nitrogens is 1. The van der Waals surface area contributed by atoms with Gasteiger partial charge in [-0.05, 0) is 59.0 Å². The van der Waals surface area contributed by atoms with Crippen molar-refractivity contribution in [1.82, 2.24) is 15.3 Å². The van der Waals surface area contributed by atoms with E-state index >= 15 is 0 Å². The van der Waals surface area contributed by atoms with Crippen LogP contribution in [0.1, 0.15) is 9.67 Å². The smallest absolute Gasteiger partial charge is 0.261 e. The molecule has 4 aromatic rings. The van der Waals surface area contributed by atoms with Crippen LogP contribution < -0.4 is 5.32 Å². The lowest BCUT2D eigenvalue weighted by Crippen LogP contribution is -2.33. The Morgan fingerprint density at radius 3 is 2.72 bits per heavy atom. The fourth-order valence-electron chi connectivity index (χ4n) is 2.93. The highest BCUT2D eigenvalue weighted by atomic mass is 32.1. The van der Waals surface area contributed by atoms with Crippen LogP contribution in [0.5, 0.6) is 0 Å². The number of thiophene rings is 1. The topological polar surface area (TPSA) is 98.2 Å². The highest BCUT2D eigenvalue weighted by molar-refractivity contribution is 7.12. The van der Waals surface area contributed by atoms with Gasteiger partial charge in [-0.3, -0.25) is 4.79 Å². The highest BCUT2D eigenvalue weighted by Gasteiger charge is 2.13. The molecule has 1 unspecified atom stereocenters. The molecule has 0 aliphatic heterocycles. The van der Waals surface area contributed by atoms with Gasteiger partial charge in [-0.25, -0.2) is 9.37 Å². The van der Waals surface area contributed by atoms with Crippen LogP contribution in [-0.4, -0.2) is 45.3 Å². The maximum Gasteiger partial charge on any atom is 0.261 e. The molecule has 0 bridgehead atoms. The summed E-state index contributed by atoms with van der Waals surface area (Å²) in [5.74, 6) is -0.587. The minimum absolute atomic E-state index is 0.00834. The van der Waals surface area contributed by atoms with E-state index in [1.165, 1.54) is 23.5 Å². The van der Waals surface area contributed by atoms with E-state index in [0.29, 0.717) is 4.88 Å². The van der Waals surface area contributed by atoms with E-state index in [0.717, 1.165) is 33.4 Å². The Morgan fingerprint density at radius 1 is 1.17 bits per heavy atom. The third kappa shape index (κ3) is 4.19. The first-order valence-electron chi connectivity index (χ1n) is 8.94. The van der Waals surface area contributed by atoms with Gasteiger partial charge in [-0.1, -0.05) is 0 Å². The highest BCUT2D eigenvalue weighted by Crippen LogP contribution is 2.29. The molecule has 4 rings (SSSR count). The minimum atomic E-state index is -0.978. The maximum atomic E-state index is 13.1. The molecule has 1 aromatic carbocycles. The van der Waals surface area contributed by atoms with E-state index in [9.17, 15) is 14.3 Å². The number of pyridine rings is 1. The van der Waals surface area contributed by atoms with Gasteiger partial charge in [-0.2, -0.15) is 0 Å². The molecule has 0 saturated heterocycles. The lowest BCUT2D eigenvalue weighted by molar-refractivity contribution is 0.0804. The predicted octanol–water partition coefficient (Wildman–Crippen LogP) is 3.18. The number of nitrogens with one attached hydrogen (secondary N) is 2. The summed E-state index contributed by atoms with van der Waals surface area (Å²) in [5, 5.41) is 23.5. The van der Waals surface area contributed by atoms with Crippen molar-refractivity contribution in [3.8, 4) is 22.4 Å². The normalized spacial score (nSPS) is 12.2. The maximum absolute atomic E-state index is 13.1. The Kier molecular flexibility index (Phi) is 5.39. The molecule has 0 radical (unpaired) electrons. The third-order valence-corrected chi connectivity index (χ3v) is 5.42. The number of aliphatic hydroxyl groups excluding tert-OH is 2. The number of nitrogens with zero attached hydrogens (tertiary/aromatic N) is 1.